The van der Waals surface area contributed by atoms with Gasteiger partial charge < -0.3 is 19.8 Å². The van der Waals surface area contributed by atoms with Crippen molar-refractivity contribution >= 4 is 57.6 Å². The van der Waals surface area contributed by atoms with Gasteiger partial charge >= 0.3 is 24.6 Å². The molecule has 0 bridgehead atoms. The number of phenols is 1. The Hall–Kier alpha value is -7.48. The molecule has 3 heterocycles. The van der Waals surface area contributed by atoms with E-state index in [9.17, 15) is 0 Å². The molecule has 0 atom stereocenters. The van der Waals surface area contributed by atoms with E-state index in [-0.39, 0.29) is 24.6 Å². The summed E-state index contributed by atoms with van der Waals surface area (Å²) in [6.45, 7) is 13.7. The lowest BCUT2D eigenvalue weighted by Gasteiger charge is -2.29. The Labute approximate surface area is 439 Å². The number of rotatable bonds is 7. The quantitative estimate of drug-likeness (QED) is 0.161. The van der Waals surface area contributed by atoms with Gasteiger partial charge in [-0.05, 0) is 185 Å². The molecule has 3 aliphatic rings. The maximum absolute atomic E-state index is 9.14. The molecule has 13 heteroatoms. The van der Waals surface area contributed by atoms with Crippen molar-refractivity contribution < 1.29 is 43.5 Å². The molecule has 73 heavy (non-hydrogen) atoms. The molecule has 384 valence electrons. The minimum atomic E-state index is 0.250. The molecule has 1 N–H and O–H groups in total. The van der Waals surface area contributed by atoms with Gasteiger partial charge in [0.15, 0.2) is 0 Å². The lowest BCUT2D eigenvalue weighted by Crippen LogP contribution is -2.29. The largest absolute Gasteiger partial charge is 0.508 e. The van der Waals surface area contributed by atoms with E-state index in [0.717, 1.165) is 30.4 Å². The molecular weight excluding hydrogens is 987 g/mol. The van der Waals surface area contributed by atoms with E-state index in [2.05, 4.69) is 173 Å². The molecule has 0 amide bonds. The highest BCUT2D eigenvalue weighted by atomic mass is 79.9. The van der Waals surface area contributed by atoms with Crippen molar-refractivity contribution in [1.82, 2.24) is 0 Å². The fourth-order valence-electron chi connectivity index (χ4n) is 8.38. The number of piperidine rings is 3. The van der Waals surface area contributed by atoms with Gasteiger partial charge in [-0.1, -0.05) is 106 Å². The van der Waals surface area contributed by atoms with E-state index < -0.39 is 0 Å². The number of anilines is 3. The summed E-state index contributed by atoms with van der Waals surface area (Å²) in [6, 6.07) is 51.1. The van der Waals surface area contributed by atoms with Crippen LogP contribution < -0.4 is 14.7 Å². The maximum atomic E-state index is 9.14. The van der Waals surface area contributed by atoms with E-state index in [1.807, 2.05) is 12.1 Å². The number of halogens is 1. The first kappa shape index (κ1) is 61.6. The molecule has 12 nitrogen and oxygen atoms in total. The number of hydrogen-bond acceptors (Lipinski definition) is 12. The van der Waals surface area contributed by atoms with Crippen LogP contribution in [0.2, 0.25) is 0 Å². The van der Waals surface area contributed by atoms with Crippen LogP contribution in [0.15, 0.2) is 150 Å². The van der Waals surface area contributed by atoms with Crippen molar-refractivity contribution in [2.24, 2.45) is 0 Å². The summed E-state index contributed by atoms with van der Waals surface area (Å²) in [4.78, 5) is 72.4. The Morgan fingerprint density at radius 3 is 1.10 bits per heavy atom. The average Bonchev–Trinajstić information content (AvgIpc) is 3.41. The molecule has 0 saturated carbocycles. The molecule has 3 saturated heterocycles. The van der Waals surface area contributed by atoms with E-state index in [4.69, 9.17) is 43.5 Å². The van der Waals surface area contributed by atoms with Crippen molar-refractivity contribution in [1.29, 1.82) is 0 Å². The van der Waals surface area contributed by atoms with Gasteiger partial charge in [-0.2, -0.15) is 38.4 Å². The van der Waals surface area contributed by atoms with Crippen LogP contribution in [0.25, 0.3) is 0 Å². The molecule has 3 fully saturated rings. The summed E-state index contributed by atoms with van der Waals surface area (Å²) in [5, 5.41) is 9.14. The fraction of sp³-hybridized carbons (Fsp3) is 0.333. The Kier molecular flexibility index (Phi) is 32.3. The van der Waals surface area contributed by atoms with Crippen LogP contribution in [0.5, 0.6) is 5.75 Å². The van der Waals surface area contributed by atoms with E-state index in [1.165, 1.54) is 140 Å². The second kappa shape index (κ2) is 38.2. The summed E-state index contributed by atoms with van der Waals surface area (Å²) in [5.41, 5.74) is 13.7. The number of aryl methyl sites for hydroxylation is 3. The van der Waals surface area contributed by atoms with Gasteiger partial charge in [0.05, 0.1) is 0 Å². The Bertz CT molecular complexity index is 2440. The van der Waals surface area contributed by atoms with Crippen molar-refractivity contribution in [2.75, 3.05) is 54.0 Å². The highest BCUT2D eigenvalue weighted by Crippen LogP contribution is 2.26. The molecule has 6 aromatic rings. The summed E-state index contributed by atoms with van der Waals surface area (Å²) in [5.74, 6) is 0.348. The molecule has 6 aromatic carbocycles. The van der Waals surface area contributed by atoms with Gasteiger partial charge in [-0.15, -0.1) is 0 Å². The number of aromatic hydroxyl groups is 1. The number of nitrogens with zero attached hydrogens (tertiary/aromatic N) is 3. The van der Waals surface area contributed by atoms with Gasteiger partial charge in [0.2, 0.25) is 0 Å². The standard InChI is InChI=1S/C19H23N.C14H13Br.C12H17N.C11H15NO.4CO2/c1-16-10-11-19(20-12-6-3-7-13-20)15-18(16)14-17-8-4-2-5-9-17;1-11-7-8-14(15)10-13(11)9-12-5-3-2-4-6-12;1-11-5-7-12(8-6-11)13-9-3-2-4-10-13;13-11-6-4-10(5-7-11)12-8-2-1-3-9-12;4*2-1-3/h2,4-5,8-11,15H,3,6-7,12-14H2,1H3;2-8,10H,9H2,1H3;5-8H,2-4,9-10H2,1H3;4-7,13H,1-3,8-9H2;;;;. The summed E-state index contributed by atoms with van der Waals surface area (Å²) < 4.78 is 1.15. The third-order valence-corrected chi connectivity index (χ3v) is 12.7. The zero-order valence-corrected chi connectivity index (χ0v) is 43.9. The van der Waals surface area contributed by atoms with E-state index >= 15 is 0 Å². The Morgan fingerprint density at radius 1 is 0.397 bits per heavy atom. The maximum Gasteiger partial charge on any atom is 0.373 e. The topological polar surface area (TPSA) is 167 Å². The normalized spacial score (nSPS) is 13.0. The molecule has 0 aliphatic carbocycles. The van der Waals surface area contributed by atoms with Crippen molar-refractivity contribution in [3.8, 4) is 5.75 Å². The molecule has 0 radical (unpaired) electrons. The average molecular weight is 1060 g/mol. The van der Waals surface area contributed by atoms with Gasteiger partial charge in [-0.25, -0.2) is 0 Å². The van der Waals surface area contributed by atoms with Crippen LogP contribution in [0.4, 0.5) is 17.1 Å². The molecule has 9 rings (SSSR count). The number of benzene rings is 6. The zero-order valence-electron chi connectivity index (χ0n) is 42.3. The number of carbonyl (C=O) groups excluding carboxylic acids is 8. The van der Waals surface area contributed by atoms with Crippen LogP contribution >= 0.6 is 15.9 Å². The van der Waals surface area contributed by atoms with Crippen LogP contribution in [0.3, 0.4) is 0 Å². The van der Waals surface area contributed by atoms with Crippen molar-refractivity contribution in [3.05, 3.63) is 189 Å². The minimum Gasteiger partial charge on any atom is -0.508 e. The smallest absolute Gasteiger partial charge is 0.373 e. The zero-order chi connectivity index (χ0) is 53.5. The van der Waals surface area contributed by atoms with Crippen molar-refractivity contribution in [2.45, 2.75) is 91.4 Å². The van der Waals surface area contributed by atoms with Crippen LogP contribution in [-0.2, 0) is 51.2 Å². The molecular formula is C60H68BrN3O9. The summed E-state index contributed by atoms with van der Waals surface area (Å²) >= 11 is 3.51. The molecule has 0 unspecified atom stereocenters. The van der Waals surface area contributed by atoms with Crippen LogP contribution in [0.1, 0.15) is 96.7 Å². The van der Waals surface area contributed by atoms with E-state index in [0.29, 0.717) is 5.75 Å². The first-order valence-electron chi connectivity index (χ1n) is 24.5. The first-order chi connectivity index (χ1) is 35.5. The molecule has 0 aromatic heterocycles. The third kappa shape index (κ3) is 26.0. The third-order valence-electron chi connectivity index (χ3n) is 12.2. The monoisotopic (exact) mass is 1050 g/mol. The number of hydrogen-bond donors (Lipinski definition) is 1. The second-order valence-corrected chi connectivity index (χ2v) is 18.3. The predicted molar refractivity (Wildman–Crippen MR) is 286 cm³/mol. The Balaban J connectivity index is 0.000000314. The summed E-state index contributed by atoms with van der Waals surface area (Å²) in [6.07, 6.45) is 15.2. The second-order valence-electron chi connectivity index (χ2n) is 17.3. The summed E-state index contributed by atoms with van der Waals surface area (Å²) in [7, 11) is 0. The lowest BCUT2D eigenvalue weighted by atomic mass is 9.99. The number of phenolic OH excluding ortho intramolecular Hbond substituents is 1. The highest BCUT2D eigenvalue weighted by molar-refractivity contribution is 9.10. The van der Waals surface area contributed by atoms with Gasteiger partial charge in [0.1, 0.15) is 5.75 Å². The van der Waals surface area contributed by atoms with Gasteiger partial charge in [-0.3, -0.25) is 0 Å². The van der Waals surface area contributed by atoms with Crippen LogP contribution in [0, 0.1) is 20.8 Å². The molecule has 0 spiro atoms. The van der Waals surface area contributed by atoms with Crippen molar-refractivity contribution in [3.63, 3.8) is 0 Å². The Morgan fingerprint density at radius 2 is 0.712 bits per heavy atom. The van der Waals surface area contributed by atoms with Crippen LogP contribution in [-0.4, -0.2) is 69.0 Å². The first-order valence-corrected chi connectivity index (χ1v) is 25.3. The van der Waals surface area contributed by atoms with Gasteiger partial charge in [0.25, 0.3) is 0 Å². The van der Waals surface area contributed by atoms with Gasteiger partial charge in [0, 0.05) is 60.8 Å². The highest BCUT2D eigenvalue weighted by Gasteiger charge is 2.13. The SMILES string of the molecule is Cc1ccc(Br)cc1Cc1ccccc1.Cc1ccc(N2CCCCC2)cc1.Cc1ccc(N2CCCCC2)cc1Cc1ccccc1.O=C=O.O=C=O.O=C=O.O=C=O.Oc1ccc(N2CCCCC2)cc1. The fourth-order valence-corrected chi connectivity index (χ4v) is 8.79. The minimum absolute atomic E-state index is 0.250. The molecule has 3 aliphatic heterocycles. The predicted octanol–water partition coefficient (Wildman–Crippen LogP) is 12.0. The lowest BCUT2D eigenvalue weighted by molar-refractivity contribution is -0.193. The van der Waals surface area contributed by atoms with E-state index in [1.54, 1.807) is 12.1 Å².